The summed E-state index contributed by atoms with van der Waals surface area (Å²) in [4.78, 5) is 28.0. The number of rotatable bonds is 9. The van der Waals surface area contributed by atoms with E-state index in [-0.39, 0.29) is 13.0 Å². The van der Waals surface area contributed by atoms with Crippen LogP contribution in [0.4, 0.5) is 0 Å². The van der Waals surface area contributed by atoms with Crippen LogP contribution < -0.4 is 14.2 Å². The van der Waals surface area contributed by atoms with E-state index in [0.717, 1.165) is 16.7 Å². The first-order chi connectivity index (χ1) is 19.0. The van der Waals surface area contributed by atoms with Crippen LogP contribution in [0.15, 0.2) is 103 Å². The molecule has 198 valence electrons. The molecule has 1 aliphatic rings. The van der Waals surface area contributed by atoms with Crippen molar-refractivity contribution in [2.75, 3.05) is 7.11 Å². The summed E-state index contributed by atoms with van der Waals surface area (Å²) in [6.45, 7) is 0.396. The van der Waals surface area contributed by atoms with Crippen LogP contribution in [0.1, 0.15) is 28.4 Å². The van der Waals surface area contributed by atoms with Crippen LogP contribution in [0, 0.1) is 0 Å². The smallest absolute Gasteiger partial charge is 0.326 e. The predicted octanol–water partition coefficient (Wildman–Crippen LogP) is 5.43. The van der Waals surface area contributed by atoms with Crippen LogP contribution in [0.3, 0.4) is 0 Å². The van der Waals surface area contributed by atoms with Gasteiger partial charge in [0, 0.05) is 24.1 Å². The van der Waals surface area contributed by atoms with Crippen molar-refractivity contribution in [2.24, 2.45) is 0 Å². The summed E-state index contributed by atoms with van der Waals surface area (Å²) < 4.78 is 17.9. The van der Waals surface area contributed by atoms with Gasteiger partial charge in [0.2, 0.25) is 6.10 Å². The number of ether oxygens (including phenoxy) is 3. The molecular weight excluding hydrogens is 494 g/mol. The van der Waals surface area contributed by atoms with Crippen molar-refractivity contribution in [3.8, 4) is 17.2 Å². The van der Waals surface area contributed by atoms with Gasteiger partial charge in [0.1, 0.15) is 18.4 Å². The van der Waals surface area contributed by atoms with Gasteiger partial charge < -0.3 is 24.2 Å². The number of carbonyl (C=O) groups is 2. The van der Waals surface area contributed by atoms with Gasteiger partial charge >= 0.3 is 5.97 Å². The van der Waals surface area contributed by atoms with E-state index in [4.69, 9.17) is 14.2 Å². The number of carboxylic acids is 1. The van der Waals surface area contributed by atoms with E-state index >= 15 is 0 Å². The average molecular weight is 524 g/mol. The fourth-order valence-corrected chi connectivity index (χ4v) is 4.79. The summed E-state index contributed by atoms with van der Waals surface area (Å²) in [5.41, 5.74) is 3.14. The van der Waals surface area contributed by atoms with Crippen molar-refractivity contribution in [2.45, 2.75) is 31.7 Å². The summed E-state index contributed by atoms with van der Waals surface area (Å²) in [6.07, 6.45) is -0.936. The molecule has 0 spiro atoms. The van der Waals surface area contributed by atoms with Crippen molar-refractivity contribution in [1.29, 1.82) is 0 Å². The highest BCUT2D eigenvalue weighted by Gasteiger charge is 2.40. The number of carboxylic acid groups (broad SMARTS) is 1. The fourth-order valence-electron chi connectivity index (χ4n) is 4.79. The highest BCUT2D eigenvalue weighted by atomic mass is 16.5. The molecule has 0 fully saturated rings. The number of aliphatic carboxylic acids is 1. The lowest BCUT2D eigenvalue weighted by molar-refractivity contribution is -0.155. The Morgan fingerprint density at radius 2 is 1.54 bits per heavy atom. The van der Waals surface area contributed by atoms with Crippen molar-refractivity contribution >= 4 is 11.9 Å². The Balaban J connectivity index is 1.48. The Labute approximate surface area is 227 Å². The van der Waals surface area contributed by atoms with E-state index in [0.29, 0.717) is 29.4 Å². The maximum Gasteiger partial charge on any atom is 0.326 e. The van der Waals surface area contributed by atoms with Crippen molar-refractivity contribution in [3.63, 3.8) is 0 Å². The summed E-state index contributed by atoms with van der Waals surface area (Å²) >= 11 is 0. The molecule has 7 heteroatoms. The van der Waals surface area contributed by atoms with E-state index in [2.05, 4.69) is 0 Å². The molecule has 0 saturated heterocycles. The summed E-state index contributed by atoms with van der Waals surface area (Å²) in [7, 11) is 1.55. The van der Waals surface area contributed by atoms with Crippen LogP contribution in [0.2, 0.25) is 0 Å². The maximum atomic E-state index is 14.0. The molecule has 1 heterocycles. The van der Waals surface area contributed by atoms with Gasteiger partial charge in [0.25, 0.3) is 5.91 Å². The van der Waals surface area contributed by atoms with Gasteiger partial charge in [-0.1, -0.05) is 84.9 Å². The third-order valence-electron chi connectivity index (χ3n) is 6.77. The second-order valence-corrected chi connectivity index (χ2v) is 9.25. The number of hydrogen-bond donors (Lipinski definition) is 1. The van der Waals surface area contributed by atoms with Crippen molar-refractivity contribution < 1.29 is 28.9 Å². The number of para-hydroxylation sites is 1. The fraction of sp³-hybridized carbons (Fsp3) is 0.188. The molecule has 0 aliphatic carbocycles. The second kappa shape index (κ2) is 11.7. The predicted molar refractivity (Wildman–Crippen MR) is 146 cm³/mol. The molecular formula is C32H29NO6. The third kappa shape index (κ3) is 5.72. The molecule has 0 bridgehead atoms. The quantitative estimate of drug-likeness (QED) is 0.315. The van der Waals surface area contributed by atoms with Gasteiger partial charge in [-0.05, 0) is 29.3 Å². The number of benzene rings is 4. The molecule has 1 aliphatic heterocycles. The lowest BCUT2D eigenvalue weighted by Crippen LogP contribution is -2.51. The standard InChI is InChI=1S/C32H29NO6/c1-37-28-18-17-24-20-33(27(32(35)36)19-26(24)30(28)38-21-22-11-5-2-6-12-22)31(34)29(23-13-7-3-8-14-23)39-25-15-9-4-10-16-25/h2-18,27,29H,19-21H2,1H3,(H,35,36)/t27-,29+/m1/s1. The van der Waals surface area contributed by atoms with Gasteiger partial charge in [0.05, 0.1) is 7.11 Å². The summed E-state index contributed by atoms with van der Waals surface area (Å²) in [5, 5.41) is 10.2. The highest BCUT2D eigenvalue weighted by molar-refractivity contribution is 5.88. The Hall–Kier alpha value is -4.78. The molecule has 4 aromatic rings. The van der Waals surface area contributed by atoms with Crippen molar-refractivity contribution in [1.82, 2.24) is 4.90 Å². The first-order valence-corrected chi connectivity index (χ1v) is 12.7. The summed E-state index contributed by atoms with van der Waals surface area (Å²) in [5.74, 6) is 0.00821. The number of methoxy groups -OCH3 is 1. The SMILES string of the molecule is COc1ccc2c(c1OCc1ccccc1)C[C@H](C(=O)O)N(C(=O)[C@@H](Oc1ccccc1)c1ccccc1)C2. The van der Waals surface area contributed by atoms with Crippen LogP contribution in [-0.4, -0.2) is 35.0 Å². The lowest BCUT2D eigenvalue weighted by atomic mass is 9.91. The zero-order valence-electron chi connectivity index (χ0n) is 21.5. The second-order valence-electron chi connectivity index (χ2n) is 9.25. The zero-order valence-corrected chi connectivity index (χ0v) is 21.5. The Kier molecular flexibility index (Phi) is 7.78. The topological polar surface area (TPSA) is 85.3 Å². The minimum atomic E-state index is -1.11. The first kappa shape index (κ1) is 25.9. The van der Waals surface area contributed by atoms with Crippen LogP contribution in [0.5, 0.6) is 17.2 Å². The van der Waals surface area contributed by atoms with E-state index in [1.165, 1.54) is 4.90 Å². The van der Waals surface area contributed by atoms with E-state index in [1.807, 2.05) is 72.8 Å². The van der Waals surface area contributed by atoms with Crippen LogP contribution in [-0.2, 0) is 29.2 Å². The van der Waals surface area contributed by atoms with Crippen LogP contribution >= 0.6 is 0 Å². The third-order valence-corrected chi connectivity index (χ3v) is 6.77. The minimum Gasteiger partial charge on any atom is -0.493 e. The van der Waals surface area contributed by atoms with Gasteiger partial charge in [-0.25, -0.2) is 4.79 Å². The zero-order chi connectivity index (χ0) is 27.2. The number of nitrogens with zero attached hydrogens (tertiary/aromatic N) is 1. The molecule has 0 aromatic heterocycles. The number of amides is 1. The maximum absolute atomic E-state index is 14.0. The molecule has 2 atom stereocenters. The molecule has 0 radical (unpaired) electrons. The van der Waals surface area contributed by atoms with E-state index in [1.54, 1.807) is 37.4 Å². The lowest BCUT2D eigenvalue weighted by Gasteiger charge is -2.37. The van der Waals surface area contributed by atoms with Gasteiger partial charge in [-0.15, -0.1) is 0 Å². The minimum absolute atomic E-state index is 0.0740. The van der Waals surface area contributed by atoms with E-state index < -0.39 is 24.0 Å². The number of carbonyl (C=O) groups excluding carboxylic acids is 1. The molecule has 5 rings (SSSR count). The number of hydrogen-bond acceptors (Lipinski definition) is 5. The molecule has 1 amide bonds. The van der Waals surface area contributed by atoms with Gasteiger partial charge in [-0.3, -0.25) is 4.79 Å². The molecule has 39 heavy (non-hydrogen) atoms. The summed E-state index contributed by atoms with van der Waals surface area (Å²) in [6, 6.07) is 30.4. The van der Waals surface area contributed by atoms with Crippen LogP contribution in [0.25, 0.3) is 0 Å². The van der Waals surface area contributed by atoms with Gasteiger partial charge in [-0.2, -0.15) is 0 Å². The molecule has 0 saturated carbocycles. The van der Waals surface area contributed by atoms with Crippen molar-refractivity contribution in [3.05, 3.63) is 125 Å². The van der Waals surface area contributed by atoms with E-state index in [9.17, 15) is 14.7 Å². The average Bonchev–Trinajstić information content (AvgIpc) is 2.99. The first-order valence-electron chi connectivity index (χ1n) is 12.7. The Morgan fingerprint density at radius 1 is 0.897 bits per heavy atom. The largest absolute Gasteiger partial charge is 0.493 e. The monoisotopic (exact) mass is 523 g/mol. The molecule has 4 aromatic carbocycles. The molecule has 7 nitrogen and oxygen atoms in total. The Bertz CT molecular complexity index is 1430. The molecule has 1 N–H and O–H groups in total. The Morgan fingerprint density at radius 3 is 2.18 bits per heavy atom. The molecule has 0 unspecified atom stereocenters. The van der Waals surface area contributed by atoms with Gasteiger partial charge in [0.15, 0.2) is 11.5 Å². The normalized spacial score (nSPS) is 15.1. The highest BCUT2D eigenvalue weighted by Crippen LogP contribution is 2.39. The number of fused-ring (bicyclic) bond motifs is 1.